The Bertz CT molecular complexity index is 820. The molecule has 1 aliphatic heterocycles. The van der Waals surface area contributed by atoms with Crippen LogP contribution >= 0.6 is 23.4 Å². The Kier molecular flexibility index (Phi) is 4.41. The Balaban J connectivity index is 2.20. The summed E-state index contributed by atoms with van der Waals surface area (Å²) >= 11 is 7.45. The van der Waals surface area contributed by atoms with Crippen LogP contribution in [0.5, 0.6) is 0 Å². The number of carbonyl (C=O) groups excluding carboxylic acids is 1. The molecule has 1 aromatic carbocycles. The number of halogens is 2. The van der Waals surface area contributed by atoms with Gasteiger partial charge in [0, 0.05) is 22.9 Å². The molecular formula is C15H13ClFN3O2S. The molecule has 0 radical (unpaired) electrons. The first-order valence-corrected chi connectivity index (χ1v) is 8.38. The number of nitrogens with one attached hydrogen (secondary N) is 2. The summed E-state index contributed by atoms with van der Waals surface area (Å²) in [5.41, 5.74) is -0.0132. The Morgan fingerprint density at radius 2 is 2.17 bits per heavy atom. The summed E-state index contributed by atoms with van der Waals surface area (Å²) in [4.78, 5) is 31.4. The first-order valence-electron chi connectivity index (χ1n) is 7.02. The van der Waals surface area contributed by atoms with Crippen molar-refractivity contribution in [3.8, 4) is 0 Å². The van der Waals surface area contributed by atoms with Crippen LogP contribution in [0.25, 0.3) is 0 Å². The van der Waals surface area contributed by atoms with Crippen LogP contribution in [0.4, 0.5) is 10.2 Å². The molecule has 2 aromatic rings. The third kappa shape index (κ3) is 2.98. The minimum atomic E-state index is -0.760. The van der Waals surface area contributed by atoms with E-state index in [1.807, 2.05) is 6.92 Å². The number of anilines is 1. The number of aromatic amines is 1. The fraction of sp³-hybridized carbons (Fsp3) is 0.267. The minimum Gasteiger partial charge on any atom is -0.310 e. The number of nitrogens with zero attached hydrogens (tertiary/aromatic N) is 1. The van der Waals surface area contributed by atoms with E-state index >= 15 is 0 Å². The molecule has 0 bridgehead atoms. The van der Waals surface area contributed by atoms with Crippen LogP contribution in [0.2, 0.25) is 5.02 Å². The third-order valence-corrected chi connectivity index (χ3v) is 4.64. The molecule has 2 heterocycles. The van der Waals surface area contributed by atoms with Gasteiger partial charge in [-0.15, -0.1) is 0 Å². The average Bonchev–Trinajstić information content (AvgIpc) is 2.46. The van der Waals surface area contributed by atoms with Gasteiger partial charge in [-0.1, -0.05) is 36.4 Å². The van der Waals surface area contributed by atoms with Gasteiger partial charge in [0.2, 0.25) is 5.91 Å². The number of hydrogen-bond acceptors (Lipinski definition) is 4. The number of carbonyl (C=O) groups is 1. The normalized spacial score (nSPS) is 16.8. The van der Waals surface area contributed by atoms with Crippen molar-refractivity contribution in [3.63, 3.8) is 0 Å². The van der Waals surface area contributed by atoms with Crippen molar-refractivity contribution >= 4 is 35.1 Å². The standard InChI is InChI=1S/C15H13ClFN3O2S/c1-2-23-15-19-13-12(14(22)20-15)7(6-10(21)18-13)11-8(16)4-3-5-9(11)17/h3-5,7H,2,6H2,1H3,(H2,18,19,20,21,22). The van der Waals surface area contributed by atoms with Crippen LogP contribution in [0.3, 0.4) is 0 Å². The molecule has 0 saturated carbocycles. The van der Waals surface area contributed by atoms with E-state index in [-0.39, 0.29) is 34.3 Å². The van der Waals surface area contributed by atoms with Gasteiger partial charge < -0.3 is 10.3 Å². The smallest absolute Gasteiger partial charge is 0.257 e. The molecule has 23 heavy (non-hydrogen) atoms. The Hall–Kier alpha value is -1.86. The van der Waals surface area contributed by atoms with Crippen molar-refractivity contribution in [2.45, 2.75) is 24.4 Å². The number of thioether (sulfide) groups is 1. The van der Waals surface area contributed by atoms with E-state index in [0.717, 1.165) is 5.75 Å². The van der Waals surface area contributed by atoms with E-state index in [1.54, 1.807) is 0 Å². The summed E-state index contributed by atoms with van der Waals surface area (Å²) in [6, 6.07) is 4.28. The molecule has 0 spiro atoms. The molecule has 0 fully saturated rings. The summed E-state index contributed by atoms with van der Waals surface area (Å²) in [7, 11) is 0. The molecule has 2 N–H and O–H groups in total. The number of benzene rings is 1. The van der Waals surface area contributed by atoms with Gasteiger partial charge in [-0.2, -0.15) is 0 Å². The van der Waals surface area contributed by atoms with Crippen molar-refractivity contribution in [1.82, 2.24) is 9.97 Å². The molecular weight excluding hydrogens is 341 g/mol. The molecule has 120 valence electrons. The van der Waals surface area contributed by atoms with Crippen molar-refractivity contribution in [2.24, 2.45) is 0 Å². The highest BCUT2D eigenvalue weighted by atomic mass is 35.5. The SMILES string of the molecule is CCSc1nc2c(c(=O)[nH]1)C(c1c(F)cccc1Cl)CC(=O)N2. The van der Waals surface area contributed by atoms with E-state index in [2.05, 4.69) is 15.3 Å². The summed E-state index contributed by atoms with van der Waals surface area (Å²) in [6.45, 7) is 1.92. The highest BCUT2D eigenvalue weighted by Crippen LogP contribution is 2.38. The molecule has 8 heteroatoms. The fourth-order valence-electron chi connectivity index (χ4n) is 2.65. The average molecular weight is 354 g/mol. The molecule has 1 atom stereocenters. The molecule has 1 amide bonds. The van der Waals surface area contributed by atoms with Crippen LogP contribution in [0.1, 0.15) is 30.4 Å². The lowest BCUT2D eigenvalue weighted by molar-refractivity contribution is -0.116. The zero-order chi connectivity index (χ0) is 16.6. The van der Waals surface area contributed by atoms with Crippen LogP contribution in [-0.2, 0) is 4.79 Å². The highest BCUT2D eigenvalue weighted by Gasteiger charge is 2.33. The first kappa shape index (κ1) is 16.0. The largest absolute Gasteiger partial charge is 0.310 e. The van der Waals surface area contributed by atoms with E-state index in [9.17, 15) is 14.0 Å². The van der Waals surface area contributed by atoms with Gasteiger partial charge in [0.1, 0.15) is 11.6 Å². The van der Waals surface area contributed by atoms with Crippen molar-refractivity contribution < 1.29 is 9.18 Å². The molecule has 3 rings (SSSR count). The van der Waals surface area contributed by atoms with Gasteiger partial charge in [0.15, 0.2) is 5.16 Å². The van der Waals surface area contributed by atoms with Gasteiger partial charge in [-0.3, -0.25) is 9.59 Å². The first-order chi connectivity index (χ1) is 11.0. The monoisotopic (exact) mass is 353 g/mol. The molecule has 0 aliphatic carbocycles. The van der Waals surface area contributed by atoms with Gasteiger partial charge in [0.05, 0.1) is 5.56 Å². The van der Waals surface area contributed by atoms with E-state index in [0.29, 0.717) is 5.16 Å². The topological polar surface area (TPSA) is 74.8 Å². The van der Waals surface area contributed by atoms with Crippen LogP contribution in [0, 0.1) is 5.82 Å². The highest BCUT2D eigenvalue weighted by molar-refractivity contribution is 7.99. The van der Waals surface area contributed by atoms with Gasteiger partial charge in [0.25, 0.3) is 5.56 Å². The zero-order valence-corrected chi connectivity index (χ0v) is 13.7. The molecule has 1 aliphatic rings. The summed E-state index contributed by atoms with van der Waals surface area (Å²) < 4.78 is 14.2. The number of H-pyrrole nitrogens is 1. The maximum atomic E-state index is 14.2. The maximum absolute atomic E-state index is 14.2. The predicted molar refractivity (Wildman–Crippen MR) is 87.8 cm³/mol. The van der Waals surface area contributed by atoms with Gasteiger partial charge >= 0.3 is 0 Å². The lowest BCUT2D eigenvalue weighted by Crippen LogP contribution is -2.31. The van der Waals surface area contributed by atoms with E-state index < -0.39 is 17.3 Å². The number of amides is 1. The minimum absolute atomic E-state index is 0.0569. The van der Waals surface area contributed by atoms with Crippen molar-refractivity contribution in [2.75, 3.05) is 11.1 Å². The van der Waals surface area contributed by atoms with Crippen LogP contribution in [0.15, 0.2) is 28.2 Å². The molecule has 5 nitrogen and oxygen atoms in total. The fourth-order valence-corrected chi connectivity index (χ4v) is 3.53. The zero-order valence-electron chi connectivity index (χ0n) is 12.2. The lowest BCUT2D eigenvalue weighted by atomic mass is 9.86. The Labute approximate surface area is 140 Å². The number of aromatic nitrogens is 2. The summed E-state index contributed by atoms with van der Waals surface area (Å²) in [5, 5.41) is 3.19. The third-order valence-electron chi connectivity index (χ3n) is 3.56. The quantitative estimate of drug-likeness (QED) is 0.656. The Morgan fingerprint density at radius 1 is 1.39 bits per heavy atom. The van der Waals surface area contributed by atoms with Crippen molar-refractivity contribution in [1.29, 1.82) is 0 Å². The van der Waals surface area contributed by atoms with E-state index in [4.69, 9.17) is 11.6 Å². The lowest BCUT2D eigenvalue weighted by Gasteiger charge is -2.25. The molecule has 1 aromatic heterocycles. The summed E-state index contributed by atoms with van der Waals surface area (Å²) in [6.07, 6.45) is -0.0569. The second-order valence-corrected chi connectivity index (χ2v) is 6.67. The summed E-state index contributed by atoms with van der Waals surface area (Å²) in [5.74, 6) is -0.741. The van der Waals surface area contributed by atoms with Gasteiger partial charge in [-0.25, -0.2) is 9.37 Å². The molecule has 1 unspecified atom stereocenters. The number of hydrogen-bond donors (Lipinski definition) is 2. The van der Waals surface area contributed by atoms with E-state index in [1.165, 1.54) is 30.0 Å². The number of rotatable bonds is 3. The predicted octanol–water partition coefficient (Wildman–Crippen LogP) is 3.15. The second kappa shape index (κ2) is 6.33. The van der Waals surface area contributed by atoms with Crippen LogP contribution in [-0.4, -0.2) is 21.6 Å². The Morgan fingerprint density at radius 3 is 2.87 bits per heavy atom. The van der Waals surface area contributed by atoms with Crippen molar-refractivity contribution in [3.05, 3.63) is 50.5 Å². The second-order valence-electron chi connectivity index (χ2n) is 5.01. The molecule has 0 saturated heterocycles. The maximum Gasteiger partial charge on any atom is 0.257 e. The number of fused-ring (bicyclic) bond motifs is 1. The van der Waals surface area contributed by atoms with Gasteiger partial charge in [-0.05, 0) is 17.9 Å². The van der Waals surface area contributed by atoms with Crippen LogP contribution < -0.4 is 10.9 Å².